The van der Waals surface area contributed by atoms with Gasteiger partial charge >= 0.3 is 0 Å². The molecule has 0 saturated heterocycles. The molecule has 1 aromatic carbocycles. The summed E-state index contributed by atoms with van der Waals surface area (Å²) in [5, 5.41) is 3.79. The van der Waals surface area contributed by atoms with Crippen molar-refractivity contribution in [3.63, 3.8) is 0 Å². The third-order valence-corrected chi connectivity index (χ3v) is 4.33. The fraction of sp³-hybridized carbons (Fsp3) is 0.647. The number of hydrogen-bond donors (Lipinski definition) is 1. The SMILES string of the molecule is COCc1ccccc1NC1CCCCC1C(C)C. The maximum Gasteiger partial charge on any atom is 0.0733 e. The molecule has 0 aliphatic heterocycles. The summed E-state index contributed by atoms with van der Waals surface area (Å²) < 4.78 is 5.29. The van der Waals surface area contributed by atoms with Crippen LogP contribution in [0.15, 0.2) is 24.3 Å². The lowest BCUT2D eigenvalue weighted by Gasteiger charge is -2.36. The molecule has 1 saturated carbocycles. The summed E-state index contributed by atoms with van der Waals surface area (Å²) in [6.45, 7) is 5.39. The van der Waals surface area contributed by atoms with E-state index >= 15 is 0 Å². The minimum absolute atomic E-state index is 0.617. The minimum Gasteiger partial charge on any atom is -0.382 e. The fourth-order valence-electron chi connectivity index (χ4n) is 3.28. The summed E-state index contributed by atoms with van der Waals surface area (Å²) >= 11 is 0. The Morgan fingerprint density at radius 1 is 1.21 bits per heavy atom. The number of ether oxygens (including phenoxy) is 1. The molecular weight excluding hydrogens is 234 g/mol. The molecule has 2 unspecified atom stereocenters. The van der Waals surface area contributed by atoms with E-state index in [4.69, 9.17) is 4.74 Å². The van der Waals surface area contributed by atoms with Crippen molar-refractivity contribution in [1.29, 1.82) is 0 Å². The Labute approximate surface area is 117 Å². The summed E-state index contributed by atoms with van der Waals surface area (Å²) in [5.74, 6) is 1.55. The topological polar surface area (TPSA) is 21.3 Å². The molecular formula is C17H27NO. The van der Waals surface area contributed by atoms with Crippen molar-refractivity contribution in [2.24, 2.45) is 11.8 Å². The Morgan fingerprint density at radius 3 is 2.68 bits per heavy atom. The van der Waals surface area contributed by atoms with Crippen LogP contribution in [-0.4, -0.2) is 13.2 Å². The summed E-state index contributed by atoms with van der Waals surface area (Å²) in [6.07, 6.45) is 5.40. The molecule has 19 heavy (non-hydrogen) atoms. The van der Waals surface area contributed by atoms with Gasteiger partial charge in [-0.1, -0.05) is 44.9 Å². The van der Waals surface area contributed by atoms with Crippen LogP contribution in [0.5, 0.6) is 0 Å². The van der Waals surface area contributed by atoms with E-state index in [2.05, 4.69) is 43.4 Å². The molecule has 0 radical (unpaired) electrons. The quantitative estimate of drug-likeness (QED) is 0.845. The Balaban J connectivity index is 2.10. The van der Waals surface area contributed by atoms with Gasteiger partial charge in [0.15, 0.2) is 0 Å². The number of anilines is 1. The van der Waals surface area contributed by atoms with Gasteiger partial charge < -0.3 is 10.1 Å². The zero-order valence-electron chi connectivity index (χ0n) is 12.5. The monoisotopic (exact) mass is 261 g/mol. The number of hydrogen-bond acceptors (Lipinski definition) is 2. The first kappa shape index (κ1) is 14.4. The van der Waals surface area contributed by atoms with Gasteiger partial charge in [0.1, 0.15) is 0 Å². The maximum atomic E-state index is 5.29. The van der Waals surface area contributed by atoms with Gasteiger partial charge in [-0.2, -0.15) is 0 Å². The zero-order chi connectivity index (χ0) is 13.7. The highest BCUT2D eigenvalue weighted by Gasteiger charge is 2.27. The second-order valence-electron chi connectivity index (χ2n) is 6.03. The third kappa shape index (κ3) is 3.73. The molecule has 0 amide bonds. The number of rotatable bonds is 5. The van der Waals surface area contributed by atoms with E-state index < -0.39 is 0 Å². The zero-order valence-corrected chi connectivity index (χ0v) is 12.5. The lowest BCUT2D eigenvalue weighted by atomic mass is 9.77. The van der Waals surface area contributed by atoms with Gasteiger partial charge in [-0.05, 0) is 30.7 Å². The van der Waals surface area contributed by atoms with Crippen LogP contribution in [0.1, 0.15) is 45.1 Å². The van der Waals surface area contributed by atoms with Gasteiger partial charge in [0, 0.05) is 24.4 Å². The first-order valence-corrected chi connectivity index (χ1v) is 7.55. The highest BCUT2D eigenvalue weighted by Crippen LogP contribution is 2.33. The van der Waals surface area contributed by atoms with E-state index in [-0.39, 0.29) is 0 Å². The van der Waals surface area contributed by atoms with E-state index in [9.17, 15) is 0 Å². The summed E-state index contributed by atoms with van der Waals surface area (Å²) in [4.78, 5) is 0. The molecule has 1 N–H and O–H groups in total. The number of methoxy groups -OCH3 is 1. The first-order chi connectivity index (χ1) is 9.22. The molecule has 106 valence electrons. The van der Waals surface area contributed by atoms with Crippen LogP contribution in [0.2, 0.25) is 0 Å². The van der Waals surface area contributed by atoms with Crippen LogP contribution in [0, 0.1) is 11.8 Å². The fourth-order valence-corrected chi connectivity index (χ4v) is 3.28. The van der Waals surface area contributed by atoms with Crippen LogP contribution in [0.25, 0.3) is 0 Å². The molecule has 1 fully saturated rings. The van der Waals surface area contributed by atoms with Crippen molar-refractivity contribution in [1.82, 2.24) is 0 Å². The van der Waals surface area contributed by atoms with Gasteiger partial charge in [0.25, 0.3) is 0 Å². The summed E-state index contributed by atoms with van der Waals surface area (Å²) in [6, 6.07) is 9.14. The van der Waals surface area contributed by atoms with Gasteiger partial charge in [-0.3, -0.25) is 0 Å². The van der Waals surface area contributed by atoms with E-state index in [0.29, 0.717) is 12.6 Å². The second-order valence-corrected chi connectivity index (χ2v) is 6.03. The molecule has 2 heteroatoms. The second kappa shape index (κ2) is 6.95. The smallest absolute Gasteiger partial charge is 0.0733 e. The van der Waals surface area contributed by atoms with E-state index in [1.165, 1.54) is 36.9 Å². The standard InChI is InChI=1S/C17H27NO/c1-13(2)15-9-5-7-11-17(15)18-16-10-6-4-8-14(16)12-19-3/h4,6,8,10,13,15,17-18H,5,7,9,11-12H2,1-3H3. The Kier molecular flexibility index (Phi) is 5.26. The largest absolute Gasteiger partial charge is 0.382 e. The molecule has 2 rings (SSSR count). The lowest BCUT2D eigenvalue weighted by Crippen LogP contribution is -2.35. The molecule has 1 aromatic rings. The Bertz CT molecular complexity index is 389. The van der Waals surface area contributed by atoms with Crippen molar-refractivity contribution < 1.29 is 4.74 Å². The van der Waals surface area contributed by atoms with E-state index in [0.717, 1.165) is 11.8 Å². The molecule has 0 aromatic heterocycles. The Hall–Kier alpha value is -1.02. The van der Waals surface area contributed by atoms with Gasteiger partial charge in [-0.25, -0.2) is 0 Å². The van der Waals surface area contributed by atoms with Crippen LogP contribution in [0.4, 0.5) is 5.69 Å². The summed E-state index contributed by atoms with van der Waals surface area (Å²) in [5.41, 5.74) is 2.51. The van der Waals surface area contributed by atoms with Crippen LogP contribution in [0.3, 0.4) is 0 Å². The van der Waals surface area contributed by atoms with Gasteiger partial charge in [0.05, 0.1) is 6.61 Å². The predicted molar refractivity (Wildman–Crippen MR) is 81.4 cm³/mol. The van der Waals surface area contributed by atoms with Crippen molar-refractivity contribution in [3.05, 3.63) is 29.8 Å². The van der Waals surface area contributed by atoms with Crippen LogP contribution >= 0.6 is 0 Å². The average molecular weight is 261 g/mol. The average Bonchev–Trinajstić information content (AvgIpc) is 2.42. The summed E-state index contributed by atoms with van der Waals surface area (Å²) in [7, 11) is 1.76. The first-order valence-electron chi connectivity index (χ1n) is 7.55. The lowest BCUT2D eigenvalue weighted by molar-refractivity contribution is 0.185. The minimum atomic E-state index is 0.617. The molecule has 0 bridgehead atoms. The van der Waals surface area contributed by atoms with Gasteiger partial charge in [-0.15, -0.1) is 0 Å². The van der Waals surface area contributed by atoms with E-state index in [1.807, 2.05) is 0 Å². The predicted octanol–water partition coefficient (Wildman–Crippen LogP) is 4.46. The molecule has 2 atom stereocenters. The van der Waals surface area contributed by atoms with Crippen LogP contribution < -0.4 is 5.32 Å². The maximum absolute atomic E-state index is 5.29. The normalized spacial score (nSPS) is 23.6. The number of nitrogens with one attached hydrogen (secondary N) is 1. The van der Waals surface area contributed by atoms with E-state index in [1.54, 1.807) is 7.11 Å². The Morgan fingerprint density at radius 2 is 1.95 bits per heavy atom. The number of benzene rings is 1. The molecule has 0 spiro atoms. The molecule has 0 heterocycles. The number of para-hydroxylation sites is 1. The van der Waals surface area contributed by atoms with Crippen molar-refractivity contribution in [2.45, 2.75) is 52.2 Å². The van der Waals surface area contributed by atoms with Crippen molar-refractivity contribution in [3.8, 4) is 0 Å². The highest BCUT2D eigenvalue weighted by atomic mass is 16.5. The van der Waals surface area contributed by atoms with Crippen molar-refractivity contribution >= 4 is 5.69 Å². The molecule has 1 aliphatic rings. The third-order valence-electron chi connectivity index (χ3n) is 4.33. The van der Waals surface area contributed by atoms with Gasteiger partial charge in [0.2, 0.25) is 0 Å². The molecule has 1 aliphatic carbocycles. The molecule has 2 nitrogen and oxygen atoms in total. The van der Waals surface area contributed by atoms with Crippen molar-refractivity contribution in [2.75, 3.05) is 12.4 Å². The highest BCUT2D eigenvalue weighted by molar-refractivity contribution is 5.51. The van der Waals surface area contributed by atoms with Crippen LogP contribution in [-0.2, 0) is 11.3 Å².